The van der Waals surface area contributed by atoms with E-state index in [9.17, 15) is 14.4 Å². The van der Waals surface area contributed by atoms with Gasteiger partial charge in [-0.3, -0.25) is 14.5 Å². The van der Waals surface area contributed by atoms with Crippen molar-refractivity contribution in [2.75, 3.05) is 13.2 Å². The molecule has 108 valence electrons. The van der Waals surface area contributed by atoms with Crippen molar-refractivity contribution in [2.45, 2.75) is 46.3 Å². The number of nitrogens with zero attached hydrogens (tertiary/aromatic N) is 1. The number of carbonyl (C=O) groups excluding carboxylic acids is 3. The van der Waals surface area contributed by atoms with Crippen molar-refractivity contribution in [1.29, 1.82) is 0 Å². The molecule has 0 N–H and O–H groups in total. The van der Waals surface area contributed by atoms with Gasteiger partial charge in [-0.2, -0.15) is 0 Å². The van der Waals surface area contributed by atoms with Crippen molar-refractivity contribution in [3.63, 3.8) is 0 Å². The fourth-order valence-electron chi connectivity index (χ4n) is 1.88. The summed E-state index contributed by atoms with van der Waals surface area (Å²) in [5.41, 5.74) is -0.637. The summed E-state index contributed by atoms with van der Waals surface area (Å²) >= 11 is 0. The summed E-state index contributed by atoms with van der Waals surface area (Å²) in [5, 5.41) is 0. The normalized spacial score (nSPS) is 23.4. The van der Waals surface area contributed by atoms with E-state index in [1.165, 1.54) is 4.90 Å². The first-order chi connectivity index (χ1) is 8.67. The number of carbonyl (C=O) groups is 3. The monoisotopic (exact) mass is 271 g/mol. The van der Waals surface area contributed by atoms with Gasteiger partial charge in [0, 0.05) is 6.54 Å². The maximum absolute atomic E-state index is 12.0. The third-order valence-corrected chi connectivity index (χ3v) is 2.80. The van der Waals surface area contributed by atoms with Crippen LogP contribution in [0.1, 0.15) is 34.6 Å². The Kier molecular flexibility index (Phi) is 4.55. The summed E-state index contributed by atoms with van der Waals surface area (Å²) < 4.78 is 10.0. The van der Waals surface area contributed by atoms with Gasteiger partial charge in [0.1, 0.15) is 11.5 Å². The summed E-state index contributed by atoms with van der Waals surface area (Å²) in [6, 6.07) is -0.663. The van der Waals surface area contributed by atoms with E-state index in [0.29, 0.717) is 0 Å². The highest BCUT2D eigenvalue weighted by molar-refractivity contribution is 6.05. The maximum atomic E-state index is 12.0. The van der Waals surface area contributed by atoms with Crippen LogP contribution < -0.4 is 0 Å². The van der Waals surface area contributed by atoms with Crippen LogP contribution in [0.25, 0.3) is 0 Å². The molecule has 0 aromatic carbocycles. The topological polar surface area (TPSA) is 72.9 Å². The molecule has 0 aromatic heterocycles. The summed E-state index contributed by atoms with van der Waals surface area (Å²) in [7, 11) is 0. The number of ketones is 1. The van der Waals surface area contributed by atoms with Gasteiger partial charge in [0.15, 0.2) is 5.78 Å². The first-order valence-corrected chi connectivity index (χ1v) is 6.37. The molecule has 0 spiro atoms. The van der Waals surface area contributed by atoms with Gasteiger partial charge in [0.05, 0.1) is 12.6 Å². The number of Topliss-reactive ketones (excluding diaryl/α,β-unsaturated/α-hetero) is 1. The zero-order chi connectivity index (χ0) is 14.8. The van der Waals surface area contributed by atoms with Crippen LogP contribution in [-0.2, 0) is 19.1 Å². The Labute approximate surface area is 113 Å². The molecule has 6 heteroatoms. The van der Waals surface area contributed by atoms with Crippen LogP contribution in [0.4, 0.5) is 4.79 Å². The molecule has 0 aromatic rings. The summed E-state index contributed by atoms with van der Waals surface area (Å²) in [5.74, 6) is -1.78. The van der Waals surface area contributed by atoms with E-state index in [1.807, 2.05) is 0 Å². The molecule has 19 heavy (non-hydrogen) atoms. The van der Waals surface area contributed by atoms with Gasteiger partial charge in [-0.25, -0.2) is 4.79 Å². The summed E-state index contributed by atoms with van der Waals surface area (Å²) in [6.07, 6.45) is -0.583. The lowest BCUT2D eigenvalue weighted by atomic mass is 10.1. The molecule has 2 unspecified atom stereocenters. The van der Waals surface area contributed by atoms with Gasteiger partial charge in [-0.15, -0.1) is 0 Å². The number of rotatable bonds is 2. The Bertz CT molecular complexity index is 385. The van der Waals surface area contributed by atoms with Gasteiger partial charge < -0.3 is 9.47 Å². The molecule has 1 amide bonds. The predicted molar refractivity (Wildman–Crippen MR) is 67.5 cm³/mol. The van der Waals surface area contributed by atoms with Gasteiger partial charge in [0.25, 0.3) is 0 Å². The first-order valence-electron chi connectivity index (χ1n) is 6.37. The highest BCUT2D eigenvalue weighted by Crippen LogP contribution is 2.23. The Hall–Kier alpha value is -1.59. The van der Waals surface area contributed by atoms with Gasteiger partial charge in [-0.05, 0) is 34.6 Å². The maximum Gasteiger partial charge on any atom is 0.410 e. The highest BCUT2D eigenvalue weighted by Gasteiger charge is 2.45. The minimum Gasteiger partial charge on any atom is -0.465 e. The molecular weight excluding hydrogens is 250 g/mol. The van der Waals surface area contributed by atoms with E-state index in [-0.39, 0.29) is 18.9 Å². The van der Waals surface area contributed by atoms with Crippen molar-refractivity contribution in [3.8, 4) is 0 Å². The minimum atomic E-state index is -0.900. The average Bonchev–Trinajstić information content (AvgIpc) is 2.54. The minimum absolute atomic E-state index is 0.0216. The van der Waals surface area contributed by atoms with Gasteiger partial charge in [-0.1, -0.05) is 0 Å². The van der Waals surface area contributed by atoms with Crippen LogP contribution in [0, 0.1) is 5.92 Å². The van der Waals surface area contributed by atoms with Crippen LogP contribution in [-0.4, -0.2) is 47.5 Å². The molecule has 0 aliphatic carbocycles. The Morgan fingerprint density at radius 3 is 2.42 bits per heavy atom. The lowest BCUT2D eigenvalue weighted by Gasteiger charge is -2.26. The molecule has 6 nitrogen and oxygen atoms in total. The quantitative estimate of drug-likeness (QED) is 0.560. The van der Waals surface area contributed by atoms with E-state index < -0.39 is 29.6 Å². The lowest BCUT2D eigenvalue weighted by Crippen LogP contribution is -2.40. The molecule has 0 radical (unpaired) electrons. The lowest BCUT2D eigenvalue weighted by molar-refractivity contribution is -0.150. The molecule has 1 rings (SSSR count). The highest BCUT2D eigenvalue weighted by atomic mass is 16.6. The van der Waals surface area contributed by atoms with Crippen molar-refractivity contribution in [2.24, 2.45) is 5.92 Å². The molecule has 1 aliphatic rings. The molecule has 1 fully saturated rings. The number of hydrogen-bond acceptors (Lipinski definition) is 5. The van der Waals surface area contributed by atoms with Crippen LogP contribution in [0.3, 0.4) is 0 Å². The first kappa shape index (κ1) is 15.5. The summed E-state index contributed by atoms with van der Waals surface area (Å²) in [4.78, 5) is 36.8. The number of amides is 1. The van der Waals surface area contributed by atoms with Gasteiger partial charge >= 0.3 is 12.1 Å². The van der Waals surface area contributed by atoms with E-state index >= 15 is 0 Å². The fraction of sp³-hybridized carbons (Fsp3) is 0.769. The molecule has 1 saturated heterocycles. The SMILES string of the molecule is CCOC(=O)C1CN(C(=O)OC(C)(C)C)C(C)C1=O. The van der Waals surface area contributed by atoms with Crippen LogP contribution in [0.15, 0.2) is 0 Å². The number of esters is 1. The average molecular weight is 271 g/mol. The fourth-order valence-corrected chi connectivity index (χ4v) is 1.88. The van der Waals surface area contributed by atoms with Crippen molar-refractivity contribution >= 4 is 17.8 Å². The van der Waals surface area contributed by atoms with Crippen LogP contribution in [0.2, 0.25) is 0 Å². The largest absolute Gasteiger partial charge is 0.465 e. The zero-order valence-electron chi connectivity index (χ0n) is 12.1. The van der Waals surface area contributed by atoms with Crippen molar-refractivity contribution < 1.29 is 23.9 Å². The number of ether oxygens (including phenoxy) is 2. The van der Waals surface area contributed by atoms with E-state index in [0.717, 1.165) is 0 Å². The van der Waals surface area contributed by atoms with E-state index in [2.05, 4.69) is 0 Å². The van der Waals surface area contributed by atoms with Crippen LogP contribution >= 0.6 is 0 Å². The van der Waals surface area contributed by atoms with E-state index in [4.69, 9.17) is 9.47 Å². The Balaban J connectivity index is 2.76. The second-order valence-corrected chi connectivity index (χ2v) is 5.52. The predicted octanol–water partition coefficient (Wildman–Crippen LogP) is 1.37. The third kappa shape index (κ3) is 3.68. The molecular formula is C13H21NO5. The Morgan fingerprint density at radius 1 is 1.37 bits per heavy atom. The Morgan fingerprint density at radius 2 is 1.95 bits per heavy atom. The third-order valence-electron chi connectivity index (χ3n) is 2.80. The molecule has 1 aliphatic heterocycles. The second-order valence-electron chi connectivity index (χ2n) is 5.52. The molecule has 0 bridgehead atoms. The molecule has 2 atom stereocenters. The second kappa shape index (κ2) is 5.59. The molecule has 1 heterocycles. The van der Waals surface area contributed by atoms with Crippen molar-refractivity contribution in [3.05, 3.63) is 0 Å². The number of likely N-dealkylation sites (tertiary alicyclic amines) is 1. The van der Waals surface area contributed by atoms with Crippen molar-refractivity contribution in [1.82, 2.24) is 4.90 Å². The zero-order valence-corrected chi connectivity index (χ0v) is 12.1. The van der Waals surface area contributed by atoms with E-state index in [1.54, 1.807) is 34.6 Å². The standard InChI is InChI=1S/C13H21NO5/c1-6-18-11(16)9-7-14(8(2)10(9)15)12(17)19-13(3,4)5/h8-9H,6-7H2,1-5H3. The number of hydrogen-bond donors (Lipinski definition) is 0. The smallest absolute Gasteiger partial charge is 0.410 e. The van der Waals surface area contributed by atoms with Gasteiger partial charge in [0.2, 0.25) is 0 Å². The summed E-state index contributed by atoms with van der Waals surface area (Å²) in [6.45, 7) is 8.73. The van der Waals surface area contributed by atoms with Crippen LogP contribution in [0.5, 0.6) is 0 Å². The molecule has 0 saturated carbocycles.